The Kier molecular flexibility index (Phi) is 9.95. The first-order chi connectivity index (χ1) is 16.9. The highest BCUT2D eigenvalue weighted by atomic mass is 16.5. The Morgan fingerprint density at radius 1 is 1.03 bits per heavy atom. The summed E-state index contributed by atoms with van der Waals surface area (Å²) in [6.45, 7) is 1.84. The van der Waals surface area contributed by atoms with Crippen molar-refractivity contribution in [2.75, 3.05) is 19.7 Å². The van der Waals surface area contributed by atoms with Crippen LogP contribution in [0.25, 0.3) is 0 Å². The van der Waals surface area contributed by atoms with E-state index in [1.165, 1.54) is 5.56 Å². The van der Waals surface area contributed by atoms with Crippen LogP contribution in [0.1, 0.15) is 55.7 Å². The van der Waals surface area contributed by atoms with E-state index in [0.717, 1.165) is 43.4 Å². The van der Waals surface area contributed by atoms with Gasteiger partial charge < -0.3 is 26.2 Å². The van der Waals surface area contributed by atoms with Crippen molar-refractivity contribution in [3.8, 4) is 5.75 Å². The molecule has 1 aliphatic heterocycles. The summed E-state index contributed by atoms with van der Waals surface area (Å²) in [6, 6.07) is 17.9. The summed E-state index contributed by atoms with van der Waals surface area (Å²) in [6.07, 6.45) is 4.89. The Morgan fingerprint density at radius 3 is 2.46 bits per heavy atom. The number of aliphatic carboxylic acids is 1. The molecule has 8 nitrogen and oxygen atoms in total. The lowest BCUT2D eigenvalue weighted by molar-refractivity contribution is -0.142. The maximum atomic E-state index is 13.0. The number of unbranched alkanes of at least 4 members (excludes halogenated alkanes) is 2. The second-order valence-corrected chi connectivity index (χ2v) is 8.95. The molecule has 2 atom stereocenters. The zero-order valence-corrected chi connectivity index (χ0v) is 20.1. The molecule has 1 aliphatic rings. The Bertz CT molecular complexity index is 974. The summed E-state index contributed by atoms with van der Waals surface area (Å²) in [5, 5.41) is 9.27. The third kappa shape index (κ3) is 8.31. The fourth-order valence-corrected chi connectivity index (χ4v) is 4.52. The average molecular weight is 481 g/mol. The highest BCUT2D eigenvalue weighted by Crippen LogP contribution is 2.38. The zero-order chi connectivity index (χ0) is 25.0. The molecular formula is C27H36N4O4. The van der Waals surface area contributed by atoms with Crippen LogP contribution in [0.2, 0.25) is 0 Å². The summed E-state index contributed by atoms with van der Waals surface area (Å²) in [5.74, 6) is -0.583. The van der Waals surface area contributed by atoms with Crippen LogP contribution in [0.5, 0.6) is 5.75 Å². The molecule has 0 saturated carbocycles. The van der Waals surface area contributed by atoms with Crippen molar-refractivity contribution in [1.29, 1.82) is 0 Å². The maximum Gasteiger partial charge on any atom is 0.304 e. The number of rotatable bonds is 14. The molecule has 3 rings (SSSR count). The summed E-state index contributed by atoms with van der Waals surface area (Å²) < 4.78 is 5.84. The van der Waals surface area contributed by atoms with Crippen LogP contribution in [-0.4, -0.2) is 47.5 Å². The van der Waals surface area contributed by atoms with Crippen LogP contribution < -0.4 is 16.2 Å². The van der Waals surface area contributed by atoms with Gasteiger partial charge in [-0.15, -0.1) is 0 Å². The number of benzene rings is 2. The first-order valence-electron chi connectivity index (χ1n) is 12.3. The molecule has 188 valence electrons. The quantitative estimate of drug-likeness (QED) is 0.215. The van der Waals surface area contributed by atoms with E-state index in [0.29, 0.717) is 26.1 Å². The van der Waals surface area contributed by atoms with E-state index in [-0.39, 0.29) is 24.3 Å². The van der Waals surface area contributed by atoms with E-state index in [9.17, 15) is 14.7 Å². The van der Waals surface area contributed by atoms with Gasteiger partial charge in [-0.1, -0.05) is 42.5 Å². The lowest BCUT2D eigenvalue weighted by Crippen LogP contribution is -2.31. The van der Waals surface area contributed by atoms with Gasteiger partial charge in [-0.05, 0) is 61.8 Å². The molecule has 5 N–H and O–H groups in total. The van der Waals surface area contributed by atoms with Crippen molar-refractivity contribution in [2.45, 2.75) is 51.0 Å². The van der Waals surface area contributed by atoms with Gasteiger partial charge in [0.1, 0.15) is 5.75 Å². The van der Waals surface area contributed by atoms with Gasteiger partial charge in [0.05, 0.1) is 25.0 Å². The maximum absolute atomic E-state index is 13.0. The van der Waals surface area contributed by atoms with Crippen molar-refractivity contribution in [1.82, 2.24) is 4.90 Å². The molecule has 1 saturated heterocycles. The number of aryl methyl sites for hydroxylation is 1. The van der Waals surface area contributed by atoms with Crippen LogP contribution in [0, 0.1) is 5.92 Å². The van der Waals surface area contributed by atoms with E-state index < -0.39 is 11.9 Å². The van der Waals surface area contributed by atoms with E-state index in [1.807, 2.05) is 47.4 Å². The van der Waals surface area contributed by atoms with Crippen molar-refractivity contribution in [2.24, 2.45) is 22.4 Å². The highest BCUT2D eigenvalue weighted by Gasteiger charge is 2.40. The van der Waals surface area contributed by atoms with Crippen molar-refractivity contribution < 1.29 is 19.4 Å². The topological polar surface area (TPSA) is 131 Å². The molecule has 2 unspecified atom stereocenters. The van der Waals surface area contributed by atoms with Crippen LogP contribution in [0.15, 0.2) is 59.6 Å². The molecule has 8 heteroatoms. The second-order valence-electron chi connectivity index (χ2n) is 8.95. The largest absolute Gasteiger partial charge is 0.494 e. The molecule has 2 aromatic carbocycles. The molecule has 1 heterocycles. The molecule has 0 bridgehead atoms. The molecule has 0 spiro atoms. The van der Waals surface area contributed by atoms with Crippen molar-refractivity contribution in [3.05, 3.63) is 65.7 Å². The van der Waals surface area contributed by atoms with Gasteiger partial charge in [0, 0.05) is 13.1 Å². The molecule has 0 aromatic heterocycles. The smallest absolute Gasteiger partial charge is 0.304 e. The monoisotopic (exact) mass is 480 g/mol. The third-order valence-electron chi connectivity index (χ3n) is 6.28. The van der Waals surface area contributed by atoms with Crippen LogP contribution in [0.4, 0.5) is 0 Å². The predicted octanol–water partition coefficient (Wildman–Crippen LogP) is 3.51. The van der Waals surface area contributed by atoms with E-state index >= 15 is 0 Å². The van der Waals surface area contributed by atoms with Crippen molar-refractivity contribution in [3.63, 3.8) is 0 Å². The minimum atomic E-state index is -0.935. The lowest BCUT2D eigenvalue weighted by atomic mass is 9.97. The number of amides is 1. The Morgan fingerprint density at radius 2 is 1.77 bits per heavy atom. The summed E-state index contributed by atoms with van der Waals surface area (Å²) >= 11 is 0. The number of aliphatic imine (C=N–C) groups is 1. The number of ether oxygens (including phenoxy) is 1. The van der Waals surface area contributed by atoms with Gasteiger partial charge in [-0.2, -0.15) is 0 Å². The number of nitrogens with two attached hydrogens (primary N) is 2. The first kappa shape index (κ1) is 26.1. The van der Waals surface area contributed by atoms with E-state index in [2.05, 4.69) is 17.1 Å². The summed E-state index contributed by atoms with van der Waals surface area (Å²) in [5.41, 5.74) is 12.9. The molecule has 35 heavy (non-hydrogen) atoms. The number of nitrogens with zero attached hydrogens (tertiary/aromatic N) is 2. The minimum Gasteiger partial charge on any atom is -0.494 e. The van der Waals surface area contributed by atoms with Gasteiger partial charge in [-0.3, -0.25) is 14.6 Å². The first-order valence-corrected chi connectivity index (χ1v) is 12.3. The van der Waals surface area contributed by atoms with Gasteiger partial charge in [0.25, 0.3) is 0 Å². The summed E-state index contributed by atoms with van der Waals surface area (Å²) in [7, 11) is 0. The zero-order valence-electron chi connectivity index (χ0n) is 20.1. The van der Waals surface area contributed by atoms with Crippen molar-refractivity contribution >= 4 is 17.8 Å². The average Bonchev–Trinajstić information content (AvgIpc) is 3.14. The third-order valence-corrected chi connectivity index (χ3v) is 6.28. The summed E-state index contributed by atoms with van der Waals surface area (Å²) in [4.78, 5) is 30.2. The fraction of sp³-hybridized carbons (Fsp3) is 0.444. The molecule has 2 aromatic rings. The number of hydrogen-bond acceptors (Lipinski definition) is 4. The second kappa shape index (κ2) is 13.4. The number of carbonyl (C=O) groups excluding carboxylic acids is 1. The van der Waals surface area contributed by atoms with Crippen LogP contribution in [0.3, 0.4) is 0 Å². The predicted molar refractivity (Wildman–Crippen MR) is 136 cm³/mol. The van der Waals surface area contributed by atoms with Gasteiger partial charge in [-0.25, -0.2) is 0 Å². The number of likely N-dealkylation sites (tertiary alicyclic amines) is 1. The molecule has 1 amide bonds. The Hall–Kier alpha value is -3.55. The SMILES string of the molecule is NC(N)=NCCCCCOc1ccc(C2CC(CC(=O)O)C(=O)N2CCCc2ccccc2)cc1. The van der Waals surface area contributed by atoms with Gasteiger partial charge in [0.2, 0.25) is 5.91 Å². The minimum absolute atomic E-state index is 0.0634. The van der Waals surface area contributed by atoms with Crippen LogP contribution in [-0.2, 0) is 16.0 Å². The van der Waals surface area contributed by atoms with E-state index in [1.54, 1.807) is 0 Å². The molecule has 1 fully saturated rings. The van der Waals surface area contributed by atoms with E-state index in [4.69, 9.17) is 16.2 Å². The number of guanidine groups is 1. The highest BCUT2D eigenvalue weighted by molar-refractivity contribution is 5.85. The van der Waals surface area contributed by atoms with Gasteiger partial charge >= 0.3 is 5.97 Å². The molecular weight excluding hydrogens is 444 g/mol. The Labute approximate surface area is 207 Å². The van der Waals surface area contributed by atoms with Crippen LogP contribution >= 0.6 is 0 Å². The number of hydrogen-bond donors (Lipinski definition) is 3. The molecule has 0 radical (unpaired) electrons. The van der Waals surface area contributed by atoms with Gasteiger partial charge in [0.15, 0.2) is 5.96 Å². The Balaban J connectivity index is 1.55. The standard InChI is InChI=1S/C27H36N4O4/c28-27(29)30-15-5-2-6-17-35-23-13-11-21(12-14-23)24-18-22(19-25(32)33)26(34)31(24)16-7-10-20-8-3-1-4-9-20/h1,3-4,8-9,11-14,22,24H,2,5-7,10,15-19H2,(H,32,33)(H4,28,29,30). The number of carboxylic acids is 1. The normalized spacial score (nSPS) is 17.4. The molecule has 0 aliphatic carbocycles. The number of carboxylic acid groups (broad SMARTS) is 1. The fourth-order valence-electron chi connectivity index (χ4n) is 4.52. The lowest BCUT2D eigenvalue weighted by Gasteiger charge is -2.25. The number of carbonyl (C=O) groups is 2.